The van der Waals surface area contributed by atoms with E-state index < -0.39 is 0 Å². The summed E-state index contributed by atoms with van der Waals surface area (Å²) in [5.74, 6) is 0. The van der Waals surface area contributed by atoms with Gasteiger partial charge in [0.1, 0.15) is 0 Å². The zero-order valence-corrected chi connectivity index (χ0v) is 8.78. The zero-order chi connectivity index (χ0) is 8.55. The van der Waals surface area contributed by atoms with E-state index in [1.54, 1.807) is 11.3 Å². The molecule has 0 nitrogen and oxygen atoms in total. The first-order valence-electron chi connectivity index (χ1n) is 3.61. The quantitative estimate of drug-likeness (QED) is 0.695. The van der Waals surface area contributed by atoms with Crippen LogP contribution in [-0.4, -0.2) is 0 Å². The van der Waals surface area contributed by atoms with Crippen LogP contribution >= 0.6 is 27.3 Å². The Bertz CT molecular complexity index is 428. The third-order valence-corrected chi connectivity index (χ3v) is 3.30. The lowest BCUT2D eigenvalue weighted by Gasteiger charge is -1.88. The lowest BCUT2D eigenvalue weighted by atomic mass is 10.2. The maximum Gasteiger partial charge on any atom is 0.0349 e. The van der Waals surface area contributed by atoms with E-state index in [0.29, 0.717) is 0 Å². The second-order valence-corrected chi connectivity index (χ2v) is 4.57. The summed E-state index contributed by atoms with van der Waals surface area (Å²) in [6.45, 7) is 3.75. The van der Waals surface area contributed by atoms with Crippen LogP contribution in [-0.2, 0) is 0 Å². The number of rotatable bonds is 1. The SMILES string of the molecule is C=Cc1cc2cc(Br)ccc2s1. The molecule has 0 N–H and O–H groups in total. The van der Waals surface area contributed by atoms with E-state index in [4.69, 9.17) is 0 Å². The Labute approximate surface area is 83.7 Å². The Balaban J connectivity index is 2.75. The Morgan fingerprint density at radius 1 is 1.33 bits per heavy atom. The molecular formula is C10H7BrS. The molecule has 2 aromatic rings. The smallest absolute Gasteiger partial charge is 0.0349 e. The zero-order valence-electron chi connectivity index (χ0n) is 6.38. The predicted molar refractivity (Wildman–Crippen MR) is 59.6 cm³/mol. The Hall–Kier alpha value is -0.600. The molecule has 0 fully saturated rings. The lowest BCUT2D eigenvalue weighted by Crippen LogP contribution is -1.62. The van der Waals surface area contributed by atoms with Gasteiger partial charge in [0.25, 0.3) is 0 Å². The summed E-state index contributed by atoms with van der Waals surface area (Å²) in [5, 5.41) is 1.28. The average molecular weight is 239 g/mol. The lowest BCUT2D eigenvalue weighted by molar-refractivity contribution is 1.76. The van der Waals surface area contributed by atoms with Gasteiger partial charge >= 0.3 is 0 Å². The van der Waals surface area contributed by atoms with E-state index in [2.05, 4.69) is 46.8 Å². The number of hydrogen-bond acceptors (Lipinski definition) is 1. The van der Waals surface area contributed by atoms with Gasteiger partial charge in [-0.3, -0.25) is 0 Å². The highest BCUT2D eigenvalue weighted by Crippen LogP contribution is 2.28. The fourth-order valence-corrected chi connectivity index (χ4v) is 2.41. The molecule has 60 valence electrons. The summed E-state index contributed by atoms with van der Waals surface area (Å²) in [5.41, 5.74) is 0. The first-order chi connectivity index (χ1) is 5.79. The fourth-order valence-electron chi connectivity index (χ4n) is 1.14. The minimum Gasteiger partial charge on any atom is -0.136 e. The molecule has 0 spiro atoms. The first kappa shape index (κ1) is 8.02. The molecule has 2 rings (SSSR count). The highest BCUT2D eigenvalue weighted by molar-refractivity contribution is 9.10. The highest BCUT2D eigenvalue weighted by atomic mass is 79.9. The standard InChI is InChI=1S/C10H7BrS/c1-2-9-6-7-5-8(11)3-4-10(7)12-9/h2-6H,1H2. The molecule has 0 aliphatic carbocycles. The van der Waals surface area contributed by atoms with Crippen LogP contribution in [0.25, 0.3) is 16.2 Å². The molecule has 1 heterocycles. The van der Waals surface area contributed by atoms with E-state index >= 15 is 0 Å². The van der Waals surface area contributed by atoms with Gasteiger partial charge in [0.15, 0.2) is 0 Å². The molecule has 2 heteroatoms. The van der Waals surface area contributed by atoms with Crippen LogP contribution < -0.4 is 0 Å². The van der Waals surface area contributed by atoms with Crippen molar-refractivity contribution in [2.75, 3.05) is 0 Å². The maximum atomic E-state index is 3.75. The summed E-state index contributed by atoms with van der Waals surface area (Å²) < 4.78 is 2.44. The van der Waals surface area contributed by atoms with Crippen LogP contribution in [0.5, 0.6) is 0 Å². The summed E-state index contributed by atoms with van der Waals surface area (Å²) in [6, 6.07) is 8.46. The number of thiophene rings is 1. The Kier molecular flexibility index (Phi) is 2.03. The minimum atomic E-state index is 1.13. The van der Waals surface area contributed by atoms with Gasteiger partial charge in [0, 0.05) is 14.0 Å². The molecule has 12 heavy (non-hydrogen) atoms. The fraction of sp³-hybridized carbons (Fsp3) is 0. The first-order valence-corrected chi connectivity index (χ1v) is 5.22. The second kappa shape index (κ2) is 3.04. The van der Waals surface area contributed by atoms with Crippen LogP contribution in [0, 0.1) is 0 Å². The molecule has 0 aliphatic rings. The molecule has 1 aromatic heterocycles. The van der Waals surface area contributed by atoms with Gasteiger partial charge in [-0.25, -0.2) is 0 Å². The van der Waals surface area contributed by atoms with Crippen LogP contribution in [0.3, 0.4) is 0 Å². The summed E-state index contributed by atoms with van der Waals surface area (Å²) in [6.07, 6.45) is 1.89. The van der Waals surface area contributed by atoms with Gasteiger partial charge in [-0.2, -0.15) is 0 Å². The van der Waals surface area contributed by atoms with Crippen molar-refractivity contribution in [3.63, 3.8) is 0 Å². The molecule has 0 saturated carbocycles. The largest absolute Gasteiger partial charge is 0.136 e. The molecular weight excluding hydrogens is 232 g/mol. The van der Waals surface area contributed by atoms with Crippen LogP contribution in [0.4, 0.5) is 0 Å². The van der Waals surface area contributed by atoms with Crippen molar-refractivity contribution in [3.05, 3.63) is 40.2 Å². The van der Waals surface area contributed by atoms with Crippen molar-refractivity contribution in [2.24, 2.45) is 0 Å². The van der Waals surface area contributed by atoms with Gasteiger partial charge in [-0.05, 0) is 29.7 Å². The second-order valence-electron chi connectivity index (χ2n) is 2.54. The van der Waals surface area contributed by atoms with E-state index in [1.165, 1.54) is 15.0 Å². The number of fused-ring (bicyclic) bond motifs is 1. The average Bonchev–Trinajstić information content (AvgIpc) is 2.46. The number of halogens is 1. The van der Waals surface area contributed by atoms with Crippen molar-refractivity contribution in [1.82, 2.24) is 0 Å². The van der Waals surface area contributed by atoms with E-state index in [9.17, 15) is 0 Å². The minimum absolute atomic E-state index is 1.13. The van der Waals surface area contributed by atoms with Crippen molar-refractivity contribution in [2.45, 2.75) is 0 Å². The van der Waals surface area contributed by atoms with Crippen molar-refractivity contribution in [1.29, 1.82) is 0 Å². The molecule has 0 amide bonds. The third-order valence-electron chi connectivity index (χ3n) is 1.70. The monoisotopic (exact) mass is 238 g/mol. The number of benzene rings is 1. The van der Waals surface area contributed by atoms with Gasteiger partial charge in [-0.1, -0.05) is 28.6 Å². The van der Waals surface area contributed by atoms with E-state index in [-0.39, 0.29) is 0 Å². The summed E-state index contributed by atoms with van der Waals surface area (Å²) >= 11 is 5.21. The molecule has 0 bridgehead atoms. The van der Waals surface area contributed by atoms with Crippen molar-refractivity contribution < 1.29 is 0 Å². The van der Waals surface area contributed by atoms with E-state index in [0.717, 1.165) is 4.47 Å². The summed E-state index contributed by atoms with van der Waals surface area (Å²) in [7, 11) is 0. The topological polar surface area (TPSA) is 0 Å². The normalized spacial score (nSPS) is 10.4. The molecule has 0 atom stereocenters. The van der Waals surface area contributed by atoms with Gasteiger partial charge in [0.05, 0.1) is 0 Å². The van der Waals surface area contributed by atoms with E-state index in [1.807, 2.05) is 6.08 Å². The highest BCUT2D eigenvalue weighted by Gasteiger charge is 1.98. The Morgan fingerprint density at radius 3 is 2.92 bits per heavy atom. The van der Waals surface area contributed by atoms with Crippen LogP contribution in [0.1, 0.15) is 4.88 Å². The number of hydrogen-bond donors (Lipinski definition) is 0. The molecule has 0 radical (unpaired) electrons. The molecule has 1 aromatic carbocycles. The summed E-state index contributed by atoms with van der Waals surface area (Å²) in [4.78, 5) is 1.23. The molecule has 0 saturated heterocycles. The van der Waals surface area contributed by atoms with Crippen molar-refractivity contribution in [3.8, 4) is 0 Å². The van der Waals surface area contributed by atoms with Gasteiger partial charge in [-0.15, -0.1) is 11.3 Å². The third kappa shape index (κ3) is 1.32. The van der Waals surface area contributed by atoms with Gasteiger partial charge < -0.3 is 0 Å². The van der Waals surface area contributed by atoms with Crippen LogP contribution in [0.2, 0.25) is 0 Å². The van der Waals surface area contributed by atoms with Crippen LogP contribution in [0.15, 0.2) is 35.3 Å². The molecule has 0 unspecified atom stereocenters. The van der Waals surface area contributed by atoms with Crippen molar-refractivity contribution >= 4 is 43.4 Å². The predicted octanol–water partition coefficient (Wildman–Crippen LogP) is 4.31. The van der Waals surface area contributed by atoms with Gasteiger partial charge in [0.2, 0.25) is 0 Å². The Morgan fingerprint density at radius 2 is 2.17 bits per heavy atom. The molecule has 0 aliphatic heterocycles. The maximum absolute atomic E-state index is 3.75.